The first-order chi connectivity index (χ1) is 12.8. The summed E-state index contributed by atoms with van der Waals surface area (Å²) in [4.78, 5) is 43.6. The number of nitrogens with one attached hydrogen (secondary N) is 1. The Hall–Kier alpha value is -2.31. The van der Waals surface area contributed by atoms with E-state index in [1.165, 1.54) is 6.92 Å². The second-order valence-electron chi connectivity index (χ2n) is 7.53. The summed E-state index contributed by atoms with van der Waals surface area (Å²) < 4.78 is 5.26. The van der Waals surface area contributed by atoms with Crippen molar-refractivity contribution in [2.24, 2.45) is 5.92 Å². The van der Waals surface area contributed by atoms with Gasteiger partial charge < -0.3 is 19.5 Å². The number of hydrogen-bond acceptors (Lipinski definition) is 4. The van der Waals surface area contributed by atoms with Crippen LogP contribution in [0.1, 0.15) is 66.2 Å². The van der Waals surface area contributed by atoms with E-state index in [9.17, 15) is 14.4 Å². The Balaban J connectivity index is 2.07. The van der Waals surface area contributed by atoms with E-state index in [0.29, 0.717) is 56.4 Å². The first-order valence-electron chi connectivity index (χ1n) is 9.69. The maximum atomic E-state index is 13.0. The van der Waals surface area contributed by atoms with Crippen molar-refractivity contribution in [2.45, 2.75) is 47.5 Å². The normalized spacial score (nSPS) is 14.6. The summed E-state index contributed by atoms with van der Waals surface area (Å²) in [6, 6.07) is 0. The van der Waals surface area contributed by atoms with Crippen LogP contribution in [0.25, 0.3) is 0 Å². The average molecular weight is 377 g/mol. The largest absolute Gasteiger partial charge is 0.449 e. The van der Waals surface area contributed by atoms with Crippen LogP contribution in [-0.4, -0.2) is 65.4 Å². The van der Waals surface area contributed by atoms with Crippen molar-refractivity contribution in [2.75, 3.05) is 32.8 Å². The van der Waals surface area contributed by atoms with E-state index in [2.05, 4.69) is 4.98 Å². The van der Waals surface area contributed by atoms with Crippen molar-refractivity contribution in [3.05, 3.63) is 22.5 Å². The highest BCUT2D eigenvalue weighted by molar-refractivity contribution is 6.02. The molecule has 0 aliphatic carbocycles. The minimum Gasteiger partial charge on any atom is -0.449 e. The van der Waals surface area contributed by atoms with Crippen molar-refractivity contribution >= 4 is 17.8 Å². The van der Waals surface area contributed by atoms with Crippen LogP contribution in [0.3, 0.4) is 0 Å². The monoisotopic (exact) mass is 377 g/mol. The molecule has 0 aromatic carbocycles. The second-order valence-corrected chi connectivity index (χ2v) is 7.53. The van der Waals surface area contributed by atoms with Gasteiger partial charge in [0.05, 0.1) is 6.61 Å². The lowest BCUT2D eigenvalue weighted by atomic mass is 10.0. The Morgan fingerprint density at radius 2 is 1.70 bits per heavy atom. The van der Waals surface area contributed by atoms with E-state index in [1.54, 1.807) is 9.80 Å². The molecular formula is C20H31N3O4. The maximum Gasteiger partial charge on any atom is 0.409 e. The first kappa shape index (κ1) is 21.0. The van der Waals surface area contributed by atoms with Gasteiger partial charge in [-0.25, -0.2) is 4.79 Å². The molecule has 27 heavy (non-hydrogen) atoms. The minimum absolute atomic E-state index is 0.0241. The Kier molecular flexibility index (Phi) is 7.05. The number of Topliss-reactive ketones (excluding diaryl/α,β-unsaturated/α-hetero) is 1. The molecule has 2 rings (SSSR count). The number of H-pyrrole nitrogens is 1. The summed E-state index contributed by atoms with van der Waals surface area (Å²) in [6.45, 7) is 11.6. The number of aryl methyl sites for hydroxylation is 1. The highest BCUT2D eigenvalue weighted by Gasteiger charge is 2.29. The molecule has 1 saturated heterocycles. The van der Waals surface area contributed by atoms with Crippen LogP contribution < -0.4 is 0 Å². The number of carbonyl (C=O) groups is 3. The zero-order valence-corrected chi connectivity index (χ0v) is 17.1. The van der Waals surface area contributed by atoms with Crippen molar-refractivity contribution in [3.63, 3.8) is 0 Å². The summed E-state index contributed by atoms with van der Waals surface area (Å²) in [6.07, 6.45) is 1.21. The Labute approximate surface area is 161 Å². The molecule has 2 amide bonds. The molecule has 0 unspecified atom stereocenters. The number of hydrogen-bond donors (Lipinski definition) is 1. The molecule has 1 aliphatic heterocycles. The van der Waals surface area contributed by atoms with Gasteiger partial charge in [0.25, 0.3) is 5.91 Å². The summed E-state index contributed by atoms with van der Waals surface area (Å²) >= 11 is 0. The van der Waals surface area contributed by atoms with Gasteiger partial charge in [-0.05, 0) is 31.7 Å². The van der Waals surface area contributed by atoms with Crippen LogP contribution in [0.15, 0.2) is 0 Å². The molecule has 7 nitrogen and oxygen atoms in total. The number of aromatic amines is 1. The van der Waals surface area contributed by atoms with Crippen LogP contribution in [0.5, 0.6) is 0 Å². The van der Waals surface area contributed by atoms with Gasteiger partial charge in [0, 0.05) is 37.4 Å². The molecule has 1 aromatic heterocycles. The van der Waals surface area contributed by atoms with Gasteiger partial charge in [-0.1, -0.05) is 27.2 Å². The van der Waals surface area contributed by atoms with E-state index in [0.717, 1.165) is 17.7 Å². The number of rotatable bonds is 6. The molecule has 0 spiro atoms. The highest BCUT2D eigenvalue weighted by atomic mass is 16.6. The lowest BCUT2D eigenvalue weighted by Crippen LogP contribution is -2.51. The predicted molar refractivity (Wildman–Crippen MR) is 103 cm³/mol. The molecule has 1 N–H and O–H groups in total. The first-order valence-corrected chi connectivity index (χ1v) is 9.69. The van der Waals surface area contributed by atoms with Gasteiger partial charge in [-0.3, -0.25) is 9.59 Å². The van der Waals surface area contributed by atoms with E-state index in [-0.39, 0.29) is 17.8 Å². The van der Waals surface area contributed by atoms with Gasteiger partial charge in [0.2, 0.25) is 0 Å². The zero-order valence-electron chi connectivity index (χ0n) is 17.1. The highest BCUT2D eigenvalue weighted by Crippen LogP contribution is 2.23. The number of piperazine rings is 1. The van der Waals surface area contributed by atoms with Crippen LogP contribution >= 0.6 is 0 Å². The van der Waals surface area contributed by atoms with E-state index in [1.807, 2.05) is 27.7 Å². The van der Waals surface area contributed by atoms with Crippen molar-refractivity contribution in [1.29, 1.82) is 0 Å². The summed E-state index contributed by atoms with van der Waals surface area (Å²) in [5, 5.41) is 0. The molecule has 1 aromatic rings. The molecule has 2 heterocycles. The maximum absolute atomic E-state index is 13.0. The molecule has 0 radical (unpaired) electrons. The lowest BCUT2D eigenvalue weighted by molar-refractivity contribution is 0.0531. The second kappa shape index (κ2) is 9.06. The molecule has 1 fully saturated rings. The summed E-state index contributed by atoms with van der Waals surface area (Å²) in [7, 11) is 0. The fraction of sp³-hybridized carbons (Fsp3) is 0.650. The van der Waals surface area contributed by atoms with Crippen molar-refractivity contribution in [1.82, 2.24) is 14.8 Å². The standard InChI is InChI=1S/C20H31N3O4/c1-6-7-16-17(15(5)24)14(4)21-18(16)19(25)22-8-10-23(11-9-22)20(26)27-12-13(2)3/h13,21H,6-12H2,1-5H3. The molecular weight excluding hydrogens is 346 g/mol. The summed E-state index contributed by atoms with van der Waals surface area (Å²) in [5.41, 5.74) is 2.70. The molecule has 1 aliphatic rings. The number of aromatic nitrogens is 1. The third-order valence-electron chi connectivity index (χ3n) is 4.72. The molecule has 0 bridgehead atoms. The zero-order chi connectivity index (χ0) is 20.1. The predicted octanol–water partition coefficient (Wildman–Crippen LogP) is 3.03. The third-order valence-corrected chi connectivity index (χ3v) is 4.72. The van der Waals surface area contributed by atoms with E-state index in [4.69, 9.17) is 4.74 Å². The van der Waals surface area contributed by atoms with Gasteiger partial charge in [-0.15, -0.1) is 0 Å². The van der Waals surface area contributed by atoms with Crippen LogP contribution in [0, 0.1) is 12.8 Å². The third kappa shape index (κ3) is 4.90. The van der Waals surface area contributed by atoms with Crippen LogP contribution in [-0.2, 0) is 11.2 Å². The molecule has 0 saturated carbocycles. The fourth-order valence-corrected chi connectivity index (χ4v) is 3.42. The van der Waals surface area contributed by atoms with Gasteiger partial charge in [0.1, 0.15) is 5.69 Å². The smallest absolute Gasteiger partial charge is 0.409 e. The van der Waals surface area contributed by atoms with E-state index >= 15 is 0 Å². The van der Waals surface area contributed by atoms with Gasteiger partial charge in [0.15, 0.2) is 5.78 Å². The van der Waals surface area contributed by atoms with E-state index < -0.39 is 0 Å². The Morgan fingerprint density at radius 1 is 1.11 bits per heavy atom. The van der Waals surface area contributed by atoms with Crippen LogP contribution in [0.2, 0.25) is 0 Å². The number of nitrogens with zero attached hydrogens (tertiary/aromatic N) is 2. The fourth-order valence-electron chi connectivity index (χ4n) is 3.42. The number of carbonyl (C=O) groups excluding carboxylic acids is 3. The molecule has 150 valence electrons. The quantitative estimate of drug-likeness (QED) is 0.773. The summed E-state index contributed by atoms with van der Waals surface area (Å²) in [5.74, 6) is 0.161. The lowest BCUT2D eigenvalue weighted by Gasteiger charge is -2.34. The molecule has 7 heteroatoms. The minimum atomic E-state index is -0.322. The Morgan fingerprint density at radius 3 is 2.22 bits per heavy atom. The topological polar surface area (TPSA) is 82.7 Å². The van der Waals surface area contributed by atoms with Crippen molar-refractivity contribution in [3.8, 4) is 0 Å². The van der Waals surface area contributed by atoms with Crippen LogP contribution in [0.4, 0.5) is 4.79 Å². The molecule has 0 atom stereocenters. The SMILES string of the molecule is CCCc1c(C(=O)N2CCN(C(=O)OCC(C)C)CC2)[nH]c(C)c1C(C)=O. The number of amides is 2. The number of ketones is 1. The van der Waals surface area contributed by atoms with Gasteiger partial charge in [-0.2, -0.15) is 0 Å². The van der Waals surface area contributed by atoms with Crippen molar-refractivity contribution < 1.29 is 19.1 Å². The van der Waals surface area contributed by atoms with Gasteiger partial charge >= 0.3 is 6.09 Å². The number of ether oxygens (including phenoxy) is 1. The average Bonchev–Trinajstić information content (AvgIpc) is 2.95. The Bertz CT molecular complexity index is 700.